The Kier molecular flexibility index (Phi) is 6.45. The van der Waals surface area contributed by atoms with Gasteiger partial charge in [0.25, 0.3) is 5.91 Å². The number of aliphatic carboxylic acids is 1. The first-order valence-electron chi connectivity index (χ1n) is 6.56. The molecule has 0 bridgehead atoms. The fourth-order valence-electron chi connectivity index (χ4n) is 1.78. The number of carboxylic acids is 1. The summed E-state index contributed by atoms with van der Waals surface area (Å²) in [6.07, 6.45) is 3.59. The Balaban J connectivity index is 2.39. The first kappa shape index (κ1) is 16.4. The molecule has 0 radical (unpaired) electrons. The van der Waals surface area contributed by atoms with E-state index in [2.05, 4.69) is 10.3 Å². The zero-order chi connectivity index (χ0) is 15.1. The summed E-state index contributed by atoms with van der Waals surface area (Å²) in [5.74, 6) is -1.41. The average Bonchev–Trinajstić information content (AvgIpc) is 2.38. The molecule has 1 heterocycles. The molecule has 1 aromatic heterocycles. The summed E-state index contributed by atoms with van der Waals surface area (Å²) in [7, 11) is 0. The highest BCUT2D eigenvalue weighted by molar-refractivity contribution is 6.32. The number of hydrogen-bond donors (Lipinski definition) is 2. The van der Waals surface area contributed by atoms with Gasteiger partial charge in [0.05, 0.1) is 11.5 Å². The SMILES string of the molecule is CC(CCCC(C)C(=O)O)NC(=O)c1cccnc1Cl. The van der Waals surface area contributed by atoms with Crippen LogP contribution in [0.3, 0.4) is 0 Å². The van der Waals surface area contributed by atoms with Crippen molar-refractivity contribution < 1.29 is 14.7 Å². The normalized spacial score (nSPS) is 13.6. The van der Waals surface area contributed by atoms with Crippen LogP contribution in [0.5, 0.6) is 0 Å². The lowest BCUT2D eigenvalue weighted by atomic mass is 10.0. The number of amides is 1. The molecule has 0 fully saturated rings. The number of rotatable bonds is 7. The van der Waals surface area contributed by atoms with Gasteiger partial charge in [0.1, 0.15) is 5.15 Å². The quantitative estimate of drug-likeness (QED) is 0.759. The Morgan fingerprint density at radius 1 is 1.40 bits per heavy atom. The van der Waals surface area contributed by atoms with E-state index in [1.807, 2.05) is 6.92 Å². The van der Waals surface area contributed by atoms with Crippen molar-refractivity contribution in [3.05, 3.63) is 29.0 Å². The van der Waals surface area contributed by atoms with Crippen molar-refractivity contribution in [2.75, 3.05) is 0 Å². The van der Waals surface area contributed by atoms with Crippen molar-refractivity contribution in [1.29, 1.82) is 0 Å². The summed E-state index contributed by atoms with van der Waals surface area (Å²) in [5.41, 5.74) is 0.347. The Hall–Kier alpha value is -1.62. The Morgan fingerprint density at radius 2 is 2.10 bits per heavy atom. The van der Waals surface area contributed by atoms with E-state index in [0.717, 1.165) is 12.8 Å². The molecule has 0 aromatic carbocycles. The van der Waals surface area contributed by atoms with Gasteiger partial charge in [-0.1, -0.05) is 24.9 Å². The summed E-state index contributed by atoms with van der Waals surface area (Å²) in [6.45, 7) is 3.56. The molecular formula is C14H19ClN2O3. The topological polar surface area (TPSA) is 79.3 Å². The Labute approximate surface area is 123 Å². The lowest BCUT2D eigenvalue weighted by Gasteiger charge is -2.15. The van der Waals surface area contributed by atoms with Gasteiger partial charge >= 0.3 is 5.97 Å². The highest BCUT2D eigenvalue weighted by Gasteiger charge is 2.15. The fraction of sp³-hybridized carbons (Fsp3) is 0.500. The van der Waals surface area contributed by atoms with Crippen molar-refractivity contribution in [2.24, 2.45) is 5.92 Å². The van der Waals surface area contributed by atoms with E-state index in [1.54, 1.807) is 19.1 Å². The summed E-state index contributed by atoms with van der Waals surface area (Å²) < 4.78 is 0. The van der Waals surface area contributed by atoms with Crippen LogP contribution in [0.2, 0.25) is 5.15 Å². The van der Waals surface area contributed by atoms with E-state index in [1.165, 1.54) is 6.20 Å². The van der Waals surface area contributed by atoms with Crippen LogP contribution < -0.4 is 5.32 Å². The number of pyridine rings is 1. The van der Waals surface area contributed by atoms with Crippen LogP contribution in [-0.2, 0) is 4.79 Å². The summed E-state index contributed by atoms with van der Waals surface area (Å²) >= 11 is 5.85. The Bertz CT molecular complexity index is 479. The van der Waals surface area contributed by atoms with E-state index >= 15 is 0 Å². The van der Waals surface area contributed by atoms with Crippen LogP contribution >= 0.6 is 11.6 Å². The molecule has 5 nitrogen and oxygen atoms in total. The van der Waals surface area contributed by atoms with Crippen molar-refractivity contribution in [1.82, 2.24) is 10.3 Å². The number of halogens is 1. The third-order valence-corrected chi connectivity index (χ3v) is 3.38. The molecule has 1 amide bonds. The first-order chi connectivity index (χ1) is 9.41. The molecule has 2 N–H and O–H groups in total. The summed E-state index contributed by atoms with van der Waals surface area (Å²) in [5, 5.41) is 11.8. The molecule has 0 saturated carbocycles. The molecule has 110 valence electrons. The minimum atomic E-state index is -0.788. The van der Waals surface area contributed by atoms with E-state index in [4.69, 9.17) is 16.7 Å². The lowest BCUT2D eigenvalue weighted by Crippen LogP contribution is -2.32. The highest BCUT2D eigenvalue weighted by atomic mass is 35.5. The zero-order valence-electron chi connectivity index (χ0n) is 11.6. The monoisotopic (exact) mass is 298 g/mol. The molecule has 2 atom stereocenters. The van der Waals surface area contributed by atoms with Crippen LogP contribution in [0.15, 0.2) is 18.3 Å². The standard InChI is InChI=1S/C14H19ClN2O3/c1-9(14(19)20)5-3-6-10(2)17-13(18)11-7-4-8-16-12(11)15/h4,7-10H,3,5-6H2,1-2H3,(H,17,18)(H,19,20). The van der Waals surface area contributed by atoms with Crippen LogP contribution in [0.25, 0.3) is 0 Å². The third kappa shape index (κ3) is 5.17. The van der Waals surface area contributed by atoms with Crippen LogP contribution in [0.1, 0.15) is 43.5 Å². The van der Waals surface area contributed by atoms with Gasteiger partial charge in [-0.15, -0.1) is 0 Å². The van der Waals surface area contributed by atoms with Gasteiger partial charge in [0.2, 0.25) is 0 Å². The van der Waals surface area contributed by atoms with Gasteiger partial charge < -0.3 is 10.4 Å². The number of carboxylic acid groups (broad SMARTS) is 1. The zero-order valence-corrected chi connectivity index (χ0v) is 12.4. The molecule has 6 heteroatoms. The van der Waals surface area contributed by atoms with E-state index < -0.39 is 5.97 Å². The summed E-state index contributed by atoms with van der Waals surface area (Å²) in [6, 6.07) is 3.23. The lowest BCUT2D eigenvalue weighted by molar-refractivity contribution is -0.141. The van der Waals surface area contributed by atoms with Gasteiger partial charge in [-0.05, 0) is 31.9 Å². The van der Waals surface area contributed by atoms with Crippen LogP contribution in [-0.4, -0.2) is 28.0 Å². The molecule has 2 unspecified atom stereocenters. The number of carbonyl (C=O) groups excluding carboxylic acids is 1. The van der Waals surface area contributed by atoms with Gasteiger partial charge in [-0.2, -0.15) is 0 Å². The fourth-order valence-corrected chi connectivity index (χ4v) is 1.99. The highest BCUT2D eigenvalue weighted by Crippen LogP contribution is 2.13. The molecular weight excluding hydrogens is 280 g/mol. The molecule has 0 aliphatic rings. The predicted octanol–water partition coefficient (Wildman–Crippen LogP) is 2.74. The average molecular weight is 299 g/mol. The van der Waals surface area contributed by atoms with Crippen LogP contribution in [0.4, 0.5) is 0 Å². The first-order valence-corrected chi connectivity index (χ1v) is 6.93. The third-order valence-electron chi connectivity index (χ3n) is 3.08. The predicted molar refractivity (Wildman–Crippen MR) is 76.8 cm³/mol. The van der Waals surface area contributed by atoms with Crippen LogP contribution in [0, 0.1) is 5.92 Å². The van der Waals surface area contributed by atoms with Gasteiger partial charge in [0.15, 0.2) is 0 Å². The van der Waals surface area contributed by atoms with E-state index in [-0.39, 0.29) is 23.0 Å². The maximum Gasteiger partial charge on any atom is 0.306 e. The van der Waals surface area contributed by atoms with Gasteiger partial charge in [-0.3, -0.25) is 9.59 Å². The van der Waals surface area contributed by atoms with Crippen molar-refractivity contribution in [3.8, 4) is 0 Å². The maximum atomic E-state index is 12.0. The second-order valence-electron chi connectivity index (χ2n) is 4.89. The minimum Gasteiger partial charge on any atom is -0.481 e. The molecule has 1 aromatic rings. The van der Waals surface area contributed by atoms with Crippen molar-refractivity contribution >= 4 is 23.5 Å². The number of nitrogens with zero attached hydrogens (tertiary/aromatic N) is 1. The summed E-state index contributed by atoms with van der Waals surface area (Å²) in [4.78, 5) is 26.5. The van der Waals surface area contributed by atoms with Crippen molar-refractivity contribution in [2.45, 2.75) is 39.2 Å². The van der Waals surface area contributed by atoms with Gasteiger partial charge in [-0.25, -0.2) is 4.98 Å². The minimum absolute atomic E-state index is 0.0419. The number of carbonyl (C=O) groups is 2. The molecule has 1 rings (SSSR count). The molecule has 0 saturated heterocycles. The molecule has 20 heavy (non-hydrogen) atoms. The smallest absolute Gasteiger partial charge is 0.306 e. The molecule has 0 spiro atoms. The van der Waals surface area contributed by atoms with Gasteiger partial charge in [0, 0.05) is 12.2 Å². The number of aromatic nitrogens is 1. The number of nitrogens with one attached hydrogen (secondary N) is 1. The number of hydrogen-bond acceptors (Lipinski definition) is 3. The largest absolute Gasteiger partial charge is 0.481 e. The molecule has 0 aliphatic carbocycles. The Morgan fingerprint density at radius 3 is 2.70 bits per heavy atom. The maximum absolute atomic E-state index is 12.0. The molecule has 0 aliphatic heterocycles. The van der Waals surface area contributed by atoms with Crippen molar-refractivity contribution in [3.63, 3.8) is 0 Å². The van der Waals surface area contributed by atoms with E-state index in [0.29, 0.717) is 12.0 Å². The van der Waals surface area contributed by atoms with E-state index in [9.17, 15) is 9.59 Å². The second-order valence-corrected chi connectivity index (χ2v) is 5.24. The second kappa shape index (κ2) is 7.85.